The molecule has 0 amide bonds. The molecule has 5 heavy (non-hydrogen) atoms. The van der Waals surface area contributed by atoms with Gasteiger partial charge in [-0.2, -0.15) is 0 Å². The van der Waals surface area contributed by atoms with Crippen LogP contribution < -0.4 is 0 Å². The zero-order valence-electron chi connectivity index (χ0n) is 3.46. The molecule has 0 aromatic carbocycles. The summed E-state index contributed by atoms with van der Waals surface area (Å²) < 4.78 is 0. The van der Waals surface area contributed by atoms with Crippen LogP contribution in [0.2, 0.25) is 0 Å². The van der Waals surface area contributed by atoms with E-state index in [4.69, 9.17) is 11.2 Å². The molecule has 0 saturated carbocycles. The highest BCUT2D eigenvalue weighted by Crippen LogP contribution is 2.21. The summed E-state index contributed by atoms with van der Waals surface area (Å²) in [5.41, 5.74) is 0.677. The van der Waals surface area contributed by atoms with Gasteiger partial charge >= 0.3 is 0 Å². The van der Waals surface area contributed by atoms with Crippen molar-refractivity contribution in [2.75, 3.05) is 0 Å². The summed E-state index contributed by atoms with van der Waals surface area (Å²) in [6.07, 6.45) is 0. The molecule has 0 radical (unpaired) electrons. The molecule has 32 valence electrons. The van der Waals surface area contributed by atoms with Gasteiger partial charge in [-0.05, 0) is 13.6 Å². The average Bonchev–Trinajstić information content (AvgIpc) is 1.38. The zero-order valence-corrected chi connectivity index (χ0v) is 5.21. The SMILES string of the molecule is CC(C)PCl. The fraction of sp³-hybridized carbons (Fsp3) is 1.00. The average molecular weight is 111 g/mol. The predicted molar refractivity (Wildman–Crippen MR) is 29.3 cm³/mol. The molecule has 1 unspecified atom stereocenters. The minimum atomic E-state index is 0.586. The standard InChI is InChI=1S/C3H8ClP/c1-3(2)5-4/h3,5H,1-2H3. The van der Waals surface area contributed by atoms with Gasteiger partial charge in [0.2, 0.25) is 0 Å². The first kappa shape index (κ1) is 5.72. The second-order valence-electron chi connectivity index (χ2n) is 1.26. The lowest BCUT2D eigenvalue weighted by Gasteiger charge is -1.88. The summed E-state index contributed by atoms with van der Waals surface area (Å²) in [4.78, 5) is 0. The van der Waals surface area contributed by atoms with E-state index >= 15 is 0 Å². The molecular formula is C3H8ClP. The largest absolute Gasteiger partial charge is 0.0998 e. The summed E-state index contributed by atoms with van der Waals surface area (Å²) in [7, 11) is 0.586. The number of hydrogen-bond acceptors (Lipinski definition) is 0. The lowest BCUT2D eigenvalue weighted by atomic mass is 10.6. The minimum absolute atomic E-state index is 0.586. The van der Waals surface area contributed by atoms with Crippen LogP contribution in [0.15, 0.2) is 0 Å². The van der Waals surface area contributed by atoms with E-state index in [9.17, 15) is 0 Å². The first-order valence-electron chi connectivity index (χ1n) is 1.63. The zero-order chi connectivity index (χ0) is 4.28. The predicted octanol–water partition coefficient (Wildman–Crippen LogP) is 2.23. The first-order valence-corrected chi connectivity index (χ1v) is 3.72. The van der Waals surface area contributed by atoms with E-state index in [-0.39, 0.29) is 0 Å². The van der Waals surface area contributed by atoms with Crippen molar-refractivity contribution < 1.29 is 0 Å². The van der Waals surface area contributed by atoms with Gasteiger partial charge in [-0.3, -0.25) is 0 Å². The van der Waals surface area contributed by atoms with E-state index in [1.807, 2.05) is 0 Å². The molecule has 0 rings (SSSR count). The van der Waals surface area contributed by atoms with E-state index < -0.39 is 0 Å². The third-order valence-electron chi connectivity index (χ3n) is 0.218. The maximum Gasteiger partial charge on any atom is -0.0155 e. The van der Waals surface area contributed by atoms with Gasteiger partial charge in [0.1, 0.15) is 0 Å². The lowest BCUT2D eigenvalue weighted by molar-refractivity contribution is 1.11. The molecule has 2 heteroatoms. The summed E-state index contributed by atoms with van der Waals surface area (Å²) in [6.45, 7) is 4.21. The van der Waals surface area contributed by atoms with Crippen LogP contribution in [0, 0.1) is 0 Å². The van der Waals surface area contributed by atoms with E-state index in [0.29, 0.717) is 13.6 Å². The monoisotopic (exact) mass is 110 g/mol. The van der Waals surface area contributed by atoms with E-state index in [1.54, 1.807) is 0 Å². The number of rotatable bonds is 1. The number of hydrogen-bond donors (Lipinski definition) is 0. The molecule has 0 N–H and O–H groups in total. The van der Waals surface area contributed by atoms with E-state index in [2.05, 4.69) is 13.8 Å². The molecular weight excluding hydrogens is 102 g/mol. The molecule has 1 atom stereocenters. The van der Waals surface area contributed by atoms with Crippen molar-refractivity contribution in [3.63, 3.8) is 0 Å². The topological polar surface area (TPSA) is 0 Å². The molecule has 0 spiro atoms. The van der Waals surface area contributed by atoms with Crippen LogP contribution in [0.5, 0.6) is 0 Å². The smallest absolute Gasteiger partial charge is 0.0155 e. The van der Waals surface area contributed by atoms with Gasteiger partial charge in [0.25, 0.3) is 0 Å². The number of halogens is 1. The van der Waals surface area contributed by atoms with E-state index in [1.165, 1.54) is 0 Å². The van der Waals surface area contributed by atoms with Crippen LogP contribution in [-0.2, 0) is 0 Å². The van der Waals surface area contributed by atoms with Crippen molar-refractivity contribution >= 4 is 19.2 Å². The molecule has 0 nitrogen and oxygen atoms in total. The Morgan fingerprint density at radius 1 is 1.60 bits per heavy atom. The highest BCUT2D eigenvalue weighted by Gasteiger charge is 1.82. The van der Waals surface area contributed by atoms with Crippen LogP contribution >= 0.6 is 19.2 Å². The van der Waals surface area contributed by atoms with Gasteiger partial charge in [-0.15, -0.1) is 0 Å². The molecule has 0 aliphatic carbocycles. The third-order valence-corrected chi connectivity index (χ3v) is 1.96. The van der Waals surface area contributed by atoms with Gasteiger partial charge < -0.3 is 0 Å². The summed E-state index contributed by atoms with van der Waals surface area (Å²) in [6, 6.07) is 0. The van der Waals surface area contributed by atoms with Crippen LogP contribution in [-0.4, -0.2) is 5.66 Å². The maximum atomic E-state index is 5.36. The normalized spacial score (nSPS) is 12.0. The minimum Gasteiger partial charge on any atom is -0.0998 e. The fourth-order valence-corrected chi connectivity index (χ4v) is 0. The summed E-state index contributed by atoms with van der Waals surface area (Å²) in [5.74, 6) is 0. The van der Waals surface area contributed by atoms with Gasteiger partial charge in [-0.25, -0.2) is 0 Å². The Labute approximate surface area is 39.5 Å². The van der Waals surface area contributed by atoms with Crippen molar-refractivity contribution in [3.05, 3.63) is 0 Å². The molecule has 0 aliphatic rings. The first-order chi connectivity index (χ1) is 2.27. The third kappa shape index (κ3) is 4.72. The van der Waals surface area contributed by atoms with Crippen molar-refractivity contribution in [1.82, 2.24) is 0 Å². The van der Waals surface area contributed by atoms with Gasteiger partial charge in [-0.1, -0.05) is 25.1 Å². The van der Waals surface area contributed by atoms with Gasteiger partial charge in [0.15, 0.2) is 0 Å². The Morgan fingerprint density at radius 3 is 1.80 bits per heavy atom. The van der Waals surface area contributed by atoms with Crippen LogP contribution in [0.3, 0.4) is 0 Å². The summed E-state index contributed by atoms with van der Waals surface area (Å²) in [5, 5.41) is 0. The second kappa shape index (κ2) is 2.93. The van der Waals surface area contributed by atoms with Crippen LogP contribution in [0.4, 0.5) is 0 Å². The van der Waals surface area contributed by atoms with Crippen LogP contribution in [0.1, 0.15) is 13.8 Å². The summed E-state index contributed by atoms with van der Waals surface area (Å²) >= 11 is 5.36. The van der Waals surface area contributed by atoms with Crippen LogP contribution in [0.25, 0.3) is 0 Å². The Morgan fingerprint density at radius 2 is 1.80 bits per heavy atom. The second-order valence-corrected chi connectivity index (χ2v) is 3.29. The quantitative estimate of drug-likeness (QED) is 0.454. The molecule has 0 aromatic rings. The molecule has 0 bridgehead atoms. The van der Waals surface area contributed by atoms with Gasteiger partial charge in [0.05, 0.1) is 0 Å². The molecule has 0 saturated heterocycles. The van der Waals surface area contributed by atoms with Crippen molar-refractivity contribution in [1.29, 1.82) is 0 Å². The lowest BCUT2D eigenvalue weighted by Crippen LogP contribution is -1.73. The maximum absolute atomic E-state index is 5.36. The van der Waals surface area contributed by atoms with Gasteiger partial charge in [0, 0.05) is 0 Å². The highest BCUT2D eigenvalue weighted by atomic mass is 35.7. The van der Waals surface area contributed by atoms with E-state index in [0.717, 1.165) is 0 Å². The highest BCUT2D eigenvalue weighted by molar-refractivity contribution is 7.69. The van der Waals surface area contributed by atoms with Crippen molar-refractivity contribution in [3.8, 4) is 0 Å². The van der Waals surface area contributed by atoms with Crippen molar-refractivity contribution in [2.45, 2.75) is 19.5 Å². The molecule has 0 fully saturated rings. The Hall–Kier alpha value is 0.720. The van der Waals surface area contributed by atoms with Crippen molar-refractivity contribution in [2.24, 2.45) is 0 Å². The Bertz CT molecular complexity index is 20.9. The molecule has 0 heterocycles. The molecule has 0 aromatic heterocycles. The molecule has 0 aliphatic heterocycles. The Kier molecular flexibility index (Phi) is 3.35. The fourth-order valence-electron chi connectivity index (χ4n) is 0. The Balaban J connectivity index is 2.54.